The number of hydrogen-bond acceptors (Lipinski definition) is 4. The van der Waals surface area contributed by atoms with Crippen LogP contribution in [0.3, 0.4) is 0 Å². The van der Waals surface area contributed by atoms with Crippen LogP contribution in [0.4, 0.5) is 0 Å². The topological polar surface area (TPSA) is 76.5 Å². The number of amides is 1. The van der Waals surface area contributed by atoms with Gasteiger partial charge >= 0.3 is 0 Å². The number of guanidine groups is 1. The Labute approximate surface area is 154 Å². The Morgan fingerprint density at radius 1 is 1.42 bits per heavy atom. The molecule has 0 unspecified atom stereocenters. The second-order valence-corrected chi connectivity index (χ2v) is 8.04. The standard InChI is InChI=1S/C17H20IN5O/c1-17(8-14(24)22(2)16(19)20-17)11-5-6-12-13(7-11)23(21-15(12)18)9-10-3-4-10/h5-7,10H,3-4,8-9H2,1-2H3,(H2,19,20)/t17-/m0/s1. The third kappa shape index (κ3) is 2.58. The molecule has 6 nitrogen and oxygen atoms in total. The van der Waals surface area contributed by atoms with Crippen LogP contribution >= 0.6 is 22.6 Å². The normalized spacial score (nSPS) is 24.5. The lowest BCUT2D eigenvalue weighted by Crippen LogP contribution is -2.47. The van der Waals surface area contributed by atoms with E-state index >= 15 is 0 Å². The van der Waals surface area contributed by atoms with Gasteiger partial charge in [0, 0.05) is 19.0 Å². The van der Waals surface area contributed by atoms with E-state index in [1.54, 1.807) is 7.05 Å². The number of hydrogen-bond donors (Lipinski definition) is 1. The average Bonchev–Trinajstić information content (AvgIpc) is 3.29. The molecular formula is C17H20IN5O. The quantitative estimate of drug-likeness (QED) is 0.750. The van der Waals surface area contributed by atoms with Crippen LogP contribution in [0.1, 0.15) is 31.7 Å². The number of nitrogens with two attached hydrogens (primary N) is 1. The summed E-state index contributed by atoms with van der Waals surface area (Å²) in [6, 6.07) is 6.26. The highest BCUT2D eigenvalue weighted by molar-refractivity contribution is 14.1. The maximum absolute atomic E-state index is 12.2. The maximum Gasteiger partial charge on any atom is 0.231 e. The fourth-order valence-corrected chi connectivity index (χ4v) is 3.94. The molecule has 0 spiro atoms. The van der Waals surface area contributed by atoms with Gasteiger partial charge in [-0.2, -0.15) is 5.10 Å². The van der Waals surface area contributed by atoms with Gasteiger partial charge in [-0.05, 0) is 66.0 Å². The summed E-state index contributed by atoms with van der Waals surface area (Å²) >= 11 is 2.28. The van der Waals surface area contributed by atoms with Gasteiger partial charge in [-0.3, -0.25) is 14.4 Å². The number of aromatic nitrogens is 2. The highest BCUT2D eigenvalue weighted by atomic mass is 127. The van der Waals surface area contributed by atoms with Crippen LogP contribution in [0.15, 0.2) is 23.2 Å². The summed E-state index contributed by atoms with van der Waals surface area (Å²) in [6.45, 7) is 2.94. The smallest absolute Gasteiger partial charge is 0.231 e. The molecule has 4 rings (SSSR count). The van der Waals surface area contributed by atoms with Crippen molar-refractivity contribution in [2.24, 2.45) is 16.6 Å². The number of halogens is 1. The molecule has 7 heteroatoms. The van der Waals surface area contributed by atoms with E-state index in [0.717, 1.165) is 32.6 Å². The summed E-state index contributed by atoms with van der Waals surface area (Å²) in [5.41, 5.74) is 7.44. The lowest BCUT2D eigenvalue weighted by Gasteiger charge is -2.33. The van der Waals surface area contributed by atoms with Crippen LogP contribution in [-0.4, -0.2) is 33.6 Å². The van der Waals surface area contributed by atoms with Crippen molar-refractivity contribution in [3.63, 3.8) is 0 Å². The van der Waals surface area contributed by atoms with Crippen molar-refractivity contribution in [1.29, 1.82) is 0 Å². The Morgan fingerprint density at radius 2 is 2.17 bits per heavy atom. The van der Waals surface area contributed by atoms with E-state index < -0.39 is 5.54 Å². The highest BCUT2D eigenvalue weighted by Gasteiger charge is 2.36. The molecular weight excluding hydrogens is 417 g/mol. The van der Waals surface area contributed by atoms with Crippen LogP contribution in [-0.2, 0) is 16.9 Å². The van der Waals surface area contributed by atoms with Crippen LogP contribution in [0.5, 0.6) is 0 Å². The molecule has 126 valence electrons. The van der Waals surface area contributed by atoms with Gasteiger partial charge in [0.1, 0.15) is 3.70 Å². The van der Waals surface area contributed by atoms with E-state index in [1.807, 2.05) is 13.0 Å². The first kappa shape index (κ1) is 15.9. The molecule has 2 aliphatic rings. The molecule has 2 N–H and O–H groups in total. The maximum atomic E-state index is 12.2. The molecule has 1 fully saturated rings. The molecule has 1 aromatic heterocycles. The Morgan fingerprint density at radius 3 is 2.83 bits per heavy atom. The molecule has 2 aromatic rings. The molecule has 0 saturated heterocycles. The van der Waals surface area contributed by atoms with Gasteiger partial charge in [-0.25, -0.2) is 4.99 Å². The molecule has 1 amide bonds. The summed E-state index contributed by atoms with van der Waals surface area (Å²) < 4.78 is 3.12. The van der Waals surface area contributed by atoms with Crippen LogP contribution in [0.25, 0.3) is 10.9 Å². The van der Waals surface area contributed by atoms with Gasteiger partial charge < -0.3 is 5.73 Å². The SMILES string of the molecule is CN1C(=O)C[C@@](C)(c2ccc3c(I)nn(CC4CC4)c3c2)N=C1N. The second kappa shape index (κ2) is 5.44. The molecule has 1 atom stereocenters. The van der Waals surface area contributed by atoms with E-state index in [0.29, 0.717) is 6.42 Å². The van der Waals surface area contributed by atoms with E-state index in [-0.39, 0.29) is 11.9 Å². The summed E-state index contributed by atoms with van der Waals surface area (Å²) in [7, 11) is 1.66. The molecule has 24 heavy (non-hydrogen) atoms. The van der Waals surface area contributed by atoms with Gasteiger partial charge in [0.25, 0.3) is 0 Å². The summed E-state index contributed by atoms with van der Waals surface area (Å²) in [5.74, 6) is 1.02. The first-order chi connectivity index (χ1) is 11.4. The largest absolute Gasteiger partial charge is 0.369 e. The monoisotopic (exact) mass is 437 g/mol. The van der Waals surface area contributed by atoms with Gasteiger partial charge in [0.15, 0.2) is 5.96 Å². The Kier molecular flexibility index (Phi) is 3.59. The fourth-order valence-electron chi connectivity index (χ4n) is 3.23. The van der Waals surface area contributed by atoms with E-state index in [4.69, 9.17) is 5.73 Å². The molecule has 0 radical (unpaired) electrons. The minimum atomic E-state index is -0.623. The zero-order chi connectivity index (χ0) is 17.1. The number of nitrogens with zero attached hydrogens (tertiary/aromatic N) is 4. The second-order valence-electron chi connectivity index (χ2n) is 7.02. The summed E-state index contributed by atoms with van der Waals surface area (Å²) in [6.07, 6.45) is 2.90. The number of rotatable bonds is 3. The van der Waals surface area contributed by atoms with E-state index in [9.17, 15) is 4.79 Å². The van der Waals surface area contributed by atoms with Crippen molar-refractivity contribution >= 4 is 45.4 Å². The first-order valence-corrected chi connectivity index (χ1v) is 9.24. The van der Waals surface area contributed by atoms with Crippen molar-refractivity contribution in [2.45, 2.75) is 38.3 Å². The van der Waals surface area contributed by atoms with Crippen molar-refractivity contribution in [2.75, 3.05) is 7.05 Å². The third-order valence-electron chi connectivity index (χ3n) is 5.03. The Bertz CT molecular complexity index is 869. The number of benzene rings is 1. The first-order valence-electron chi connectivity index (χ1n) is 8.16. The van der Waals surface area contributed by atoms with Crippen molar-refractivity contribution < 1.29 is 4.79 Å². The van der Waals surface area contributed by atoms with Crippen LogP contribution in [0.2, 0.25) is 0 Å². The lowest BCUT2D eigenvalue weighted by molar-refractivity contribution is -0.128. The minimum Gasteiger partial charge on any atom is -0.369 e. The van der Waals surface area contributed by atoms with Gasteiger partial charge in [-0.1, -0.05) is 6.07 Å². The molecule has 1 aliphatic heterocycles. The lowest BCUT2D eigenvalue weighted by atomic mass is 9.87. The van der Waals surface area contributed by atoms with Crippen molar-refractivity contribution in [3.8, 4) is 0 Å². The van der Waals surface area contributed by atoms with Gasteiger partial charge in [0.2, 0.25) is 5.91 Å². The summed E-state index contributed by atoms with van der Waals surface area (Å²) in [5, 5.41) is 5.84. The zero-order valence-electron chi connectivity index (χ0n) is 13.8. The predicted octanol–water partition coefficient (Wildman–Crippen LogP) is 2.44. The Balaban J connectivity index is 1.80. The molecule has 1 saturated carbocycles. The van der Waals surface area contributed by atoms with E-state index in [1.165, 1.54) is 17.7 Å². The Hall–Kier alpha value is -1.64. The zero-order valence-corrected chi connectivity index (χ0v) is 15.9. The average molecular weight is 437 g/mol. The molecule has 2 heterocycles. The number of aliphatic imine (C=N–C) groups is 1. The highest BCUT2D eigenvalue weighted by Crippen LogP contribution is 2.36. The molecule has 1 aromatic carbocycles. The molecule has 0 bridgehead atoms. The van der Waals surface area contributed by atoms with Crippen molar-refractivity contribution in [1.82, 2.24) is 14.7 Å². The third-order valence-corrected chi connectivity index (χ3v) is 5.83. The van der Waals surface area contributed by atoms with Gasteiger partial charge in [0.05, 0.1) is 17.5 Å². The van der Waals surface area contributed by atoms with E-state index in [2.05, 4.69) is 49.5 Å². The minimum absolute atomic E-state index is 0.00818. The number of fused-ring (bicyclic) bond motifs is 1. The fraction of sp³-hybridized carbons (Fsp3) is 0.471. The van der Waals surface area contributed by atoms with Gasteiger partial charge in [-0.15, -0.1) is 0 Å². The number of carbonyl (C=O) groups is 1. The van der Waals surface area contributed by atoms with Crippen LogP contribution < -0.4 is 5.73 Å². The van der Waals surface area contributed by atoms with Crippen LogP contribution in [0, 0.1) is 9.62 Å². The summed E-state index contributed by atoms with van der Waals surface area (Å²) in [4.78, 5) is 18.2. The van der Waals surface area contributed by atoms with Crippen molar-refractivity contribution in [3.05, 3.63) is 27.5 Å². The molecule has 1 aliphatic carbocycles. The number of carbonyl (C=O) groups excluding carboxylic acids is 1. The predicted molar refractivity (Wildman–Crippen MR) is 102 cm³/mol.